The van der Waals surface area contributed by atoms with Crippen LogP contribution in [0.1, 0.15) is 23.6 Å². The number of aromatic nitrogens is 2. The van der Waals surface area contributed by atoms with Crippen molar-refractivity contribution in [3.8, 4) is 0 Å². The molecule has 2 N–H and O–H groups in total. The first-order valence-corrected chi connectivity index (χ1v) is 3.94. The highest BCUT2D eigenvalue weighted by Gasteiger charge is 2.37. The van der Waals surface area contributed by atoms with Crippen molar-refractivity contribution in [3.05, 3.63) is 17.5 Å². The molecule has 11 heavy (non-hydrogen) atoms. The van der Waals surface area contributed by atoms with Gasteiger partial charge in [-0.25, -0.2) is 0 Å². The van der Waals surface area contributed by atoms with Gasteiger partial charge in [0.15, 0.2) is 0 Å². The maximum absolute atomic E-state index is 5.73. The molecule has 0 aromatic carbocycles. The van der Waals surface area contributed by atoms with Gasteiger partial charge in [0, 0.05) is 25.2 Å². The third-order valence-electron chi connectivity index (χ3n) is 2.24. The van der Waals surface area contributed by atoms with E-state index < -0.39 is 0 Å². The summed E-state index contributed by atoms with van der Waals surface area (Å²) in [4.78, 5) is 0. The molecule has 3 heteroatoms. The van der Waals surface area contributed by atoms with E-state index in [4.69, 9.17) is 5.73 Å². The van der Waals surface area contributed by atoms with Gasteiger partial charge in [-0.15, -0.1) is 0 Å². The summed E-state index contributed by atoms with van der Waals surface area (Å²) in [6, 6.07) is 0.364. The molecular weight excluding hydrogens is 138 g/mol. The van der Waals surface area contributed by atoms with Crippen molar-refractivity contribution >= 4 is 0 Å². The van der Waals surface area contributed by atoms with Crippen molar-refractivity contribution in [2.75, 3.05) is 0 Å². The molecule has 1 aliphatic rings. The molecule has 1 aliphatic carbocycles. The average Bonchev–Trinajstić information content (AvgIpc) is 2.52. The highest BCUT2D eigenvalue weighted by atomic mass is 15.3. The van der Waals surface area contributed by atoms with Gasteiger partial charge in [-0.3, -0.25) is 4.68 Å². The number of hydrogen-bond donors (Lipinski definition) is 1. The third-order valence-corrected chi connectivity index (χ3v) is 2.24. The van der Waals surface area contributed by atoms with Crippen molar-refractivity contribution in [1.29, 1.82) is 0 Å². The fourth-order valence-corrected chi connectivity index (χ4v) is 1.52. The Bertz CT molecular complexity index is 277. The summed E-state index contributed by atoms with van der Waals surface area (Å²) in [7, 11) is 1.95. The minimum atomic E-state index is 0.364. The van der Waals surface area contributed by atoms with Crippen molar-refractivity contribution in [2.45, 2.75) is 25.3 Å². The zero-order valence-electron chi connectivity index (χ0n) is 6.91. The lowest BCUT2D eigenvalue weighted by molar-refractivity contribution is 0.740. The van der Waals surface area contributed by atoms with E-state index in [2.05, 4.69) is 12.0 Å². The maximum atomic E-state index is 5.73. The molecule has 0 radical (unpaired) electrons. The topological polar surface area (TPSA) is 43.8 Å². The predicted molar refractivity (Wildman–Crippen MR) is 43.3 cm³/mol. The Balaban J connectivity index is 2.30. The fraction of sp³-hybridized carbons (Fsp3) is 0.625. The minimum Gasteiger partial charge on any atom is -0.327 e. The Kier molecular flexibility index (Phi) is 1.29. The van der Waals surface area contributed by atoms with Gasteiger partial charge in [0.2, 0.25) is 0 Å². The van der Waals surface area contributed by atoms with Crippen LogP contribution < -0.4 is 5.73 Å². The molecule has 1 fully saturated rings. The van der Waals surface area contributed by atoms with Gasteiger partial charge >= 0.3 is 0 Å². The molecule has 2 rings (SSSR count). The van der Waals surface area contributed by atoms with Crippen LogP contribution in [0.15, 0.2) is 6.20 Å². The van der Waals surface area contributed by atoms with Crippen LogP contribution in [0.25, 0.3) is 0 Å². The Labute approximate surface area is 66.2 Å². The summed E-state index contributed by atoms with van der Waals surface area (Å²) in [5.41, 5.74) is 8.19. The number of hydrogen-bond acceptors (Lipinski definition) is 2. The van der Waals surface area contributed by atoms with E-state index >= 15 is 0 Å². The fourth-order valence-electron chi connectivity index (χ4n) is 1.52. The van der Waals surface area contributed by atoms with E-state index in [0.29, 0.717) is 12.0 Å². The van der Waals surface area contributed by atoms with Crippen LogP contribution in [-0.4, -0.2) is 15.8 Å². The lowest BCUT2D eigenvalue weighted by Crippen LogP contribution is -2.02. The summed E-state index contributed by atoms with van der Waals surface area (Å²) in [5, 5.41) is 4.36. The smallest absolute Gasteiger partial charge is 0.0700 e. The second-order valence-corrected chi connectivity index (χ2v) is 3.38. The van der Waals surface area contributed by atoms with Crippen molar-refractivity contribution in [2.24, 2.45) is 12.8 Å². The van der Waals surface area contributed by atoms with Crippen molar-refractivity contribution in [3.63, 3.8) is 0 Å². The Morgan fingerprint density at radius 1 is 1.73 bits per heavy atom. The summed E-state index contributed by atoms with van der Waals surface area (Å²) >= 11 is 0. The van der Waals surface area contributed by atoms with Gasteiger partial charge < -0.3 is 5.73 Å². The number of aryl methyl sites for hydroxylation is 2. The van der Waals surface area contributed by atoms with Crippen LogP contribution in [0.2, 0.25) is 0 Å². The first kappa shape index (κ1) is 6.85. The second-order valence-electron chi connectivity index (χ2n) is 3.38. The van der Waals surface area contributed by atoms with Crippen LogP contribution in [0, 0.1) is 6.92 Å². The largest absolute Gasteiger partial charge is 0.327 e. The van der Waals surface area contributed by atoms with Gasteiger partial charge in [-0.1, -0.05) is 0 Å². The average molecular weight is 151 g/mol. The van der Waals surface area contributed by atoms with Crippen LogP contribution >= 0.6 is 0 Å². The molecule has 1 aromatic rings. The number of rotatable bonds is 1. The summed E-state index contributed by atoms with van der Waals surface area (Å²) in [6.45, 7) is 2.09. The zero-order chi connectivity index (χ0) is 8.01. The summed E-state index contributed by atoms with van der Waals surface area (Å²) in [6.07, 6.45) is 3.15. The second kappa shape index (κ2) is 2.08. The van der Waals surface area contributed by atoms with Crippen molar-refractivity contribution in [1.82, 2.24) is 9.78 Å². The predicted octanol–water partition coefficient (Wildman–Crippen LogP) is 0.543. The molecule has 60 valence electrons. The van der Waals surface area contributed by atoms with Crippen LogP contribution in [0.5, 0.6) is 0 Å². The normalized spacial score (nSPS) is 29.0. The van der Waals surface area contributed by atoms with Crippen LogP contribution in [-0.2, 0) is 7.05 Å². The molecule has 3 nitrogen and oxygen atoms in total. The van der Waals surface area contributed by atoms with Gasteiger partial charge in [0.25, 0.3) is 0 Å². The Morgan fingerprint density at radius 2 is 2.36 bits per heavy atom. The molecular formula is C8H13N3. The molecule has 2 atom stereocenters. The summed E-state index contributed by atoms with van der Waals surface area (Å²) < 4.78 is 1.86. The maximum Gasteiger partial charge on any atom is 0.0700 e. The molecule has 1 heterocycles. The lowest BCUT2D eigenvalue weighted by Gasteiger charge is -1.91. The van der Waals surface area contributed by atoms with E-state index in [1.165, 1.54) is 11.3 Å². The molecule has 0 spiro atoms. The minimum absolute atomic E-state index is 0.364. The molecule has 0 aliphatic heterocycles. The molecule has 1 saturated carbocycles. The first-order valence-electron chi connectivity index (χ1n) is 3.94. The highest BCUT2D eigenvalue weighted by Crippen LogP contribution is 2.39. The van der Waals surface area contributed by atoms with E-state index in [-0.39, 0.29) is 0 Å². The van der Waals surface area contributed by atoms with E-state index in [1.807, 2.05) is 17.9 Å². The van der Waals surface area contributed by atoms with E-state index in [9.17, 15) is 0 Å². The van der Waals surface area contributed by atoms with Gasteiger partial charge in [0.1, 0.15) is 0 Å². The Hall–Kier alpha value is -0.830. The number of nitrogens with two attached hydrogens (primary N) is 1. The lowest BCUT2D eigenvalue weighted by atomic mass is 10.2. The zero-order valence-corrected chi connectivity index (χ0v) is 6.91. The molecule has 0 saturated heterocycles. The van der Waals surface area contributed by atoms with E-state index in [0.717, 1.165) is 6.42 Å². The quantitative estimate of drug-likeness (QED) is 0.636. The first-order chi connectivity index (χ1) is 5.18. The molecule has 1 aromatic heterocycles. The number of nitrogens with zero attached hydrogens (tertiary/aromatic N) is 2. The van der Waals surface area contributed by atoms with Crippen LogP contribution in [0.4, 0.5) is 0 Å². The van der Waals surface area contributed by atoms with E-state index in [1.54, 1.807) is 0 Å². The van der Waals surface area contributed by atoms with Gasteiger partial charge in [0.05, 0.1) is 5.69 Å². The van der Waals surface area contributed by atoms with Gasteiger partial charge in [-0.2, -0.15) is 5.10 Å². The van der Waals surface area contributed by atoms with Crippen molar-refractivity contribution < 1.29 is 0 Å². The molecule has 0 amide bonds. The third kappa shape index (κ3) is 1.05. The van der Waals surface area contributed by atoms with Crippen LogP contribution in [0.3, 0.4) is 0 Å². The SMILES string of the molecule is Cc1cn(C)nc1[C@@H]1C[C@H]1N. The highest BCUT2D eigenvalue weighted by molar-refractivity contribution is 5.26. The molecule has 0 unspecified atom stereocenters. The standard InChI is InChI=1S/C8H13N3/c1-5-4-11(2)10-8(5)6-3-7(6)9/h4,6-7H,3,9H2,1-2H3/t6-,7-/m1/s1. The molecule has 0 bridgehead atoms. The van der Waals surface area contributed by atoms with Gasteiger partial charge in [-0.05, 0) is 18.9 Å². The summed E-state index contributed by atoms with van der Waals surface area (Å²) in [5.74, 6) is 0.538. The Morgan fingerprint density at radius 3 is 2.73 bits per heavy atom. The monoisotopic (exact) mass is 151 g/mol.